The molecule has 6 heteroatoms. The number of para-hydroxylation sites is 1. The van der Waals surface area contributed by atoms with E-state index in [2.05, 4.69) is 51.3 Å². The molecule has 0 amide bonds. The first kappa shape index (κ1) is 21.4. The minimum Gasteiger partial charge on any atom is -0.376 e. The highest BCUT2D eigenvalue weighted by atomic mass is 16.5. The number of rotatable bonds is 6. The topological polar surface area (TPSA) is 49.3 Å². The molecule has 0 aliphatic carbocycles. The van der Waals surface area contributed by atoms with Gasteiger partial charge in [0.1, 0.15) is 0 Å². The van der Waals surface area contributed by atoms with E-state index in [1.807, 2.05) is 7.05 Å². The lowest BCUT2D eigenvalue weighted by Gasteiger charge is -2.36. The van der Waals surface area contributed by atoms with Gasteiger partial charge in [0.15, 0.2) is 5.96 Å². The minimum absolute atomic E-state index is 0.309. The first-order valence-electron chi connectivity index (χ1n) is 11.8. The van der Waals surface area contributed by atoms with Gasteiger partial charge < -0.3 is 24.6 Å². The maximum Gasteiger partial charge on any atom is 0.193 e. The van der Waals surface area contributed by atoms with Crippen LogP contribution in [0.3, 0.4) is 0 Å². The van der Waals surface area contributed by atoms with Gasteiger partial charge in [0.2, 0.25) is 0 Å². The zero-order valence-corrected chi connectivity index (χ0v) is 18.7. The second-order valence-electron chi connectivity index (χ2n) is 8.86. The quantitative estimate of drug-likeness (QED) is 0.573. The van der Waals surface area contributed by atoms with Crippen molar-refractivity contribution in [2.75, 3.05) is 51.3 Å². The van der Waals surface area contributed by atoms with Crippen molar-refractivity contribution in [1.29, 1.82) is 0 Å². The molecule has 2 unspecified atom stereocenters. The maximum absolute atomic E-state index is 6.16. The summed E-state index contributed by atoms with van der Waals surface area (Å²) in [5.74, 6) is 1.02. The number of anilines is 1. The highest BCUT2D eigenvalue weighted by molar-refractivity contribution is 5.80. The highest BCUT2D eigenvalue weighted by Crippen LogP contribution is 2.29. The summed E-state index contributed by atoms with van der Waals surface area (Å²) in [7, 11) is 1.89. The van der Waals surface area contributed by atoms with Crippen molar-refractivity contribution >= 4 is 11.6 Å². The van der Waals surface area contributed by atoms with Crippen LogP contribution in [-0.2, 0) is 15.9 Å². The van der Waals surface area contributed by atoms with E-state index in [4.69, 9.17) is 9.47 Å². The summed E-state index contributed by atoms with van der Waals surface area (Å²) in [5, 5.41) is 3.62. The summed E-state index contributed by atoms with van der Waals surface area (Å²) < 4.78 is 12.0. The molecular formula is C24H38N4O2. The molecular weight excluding hydrogens is 376 g/mol. The molecule has 30 heavy (non-hydrogen) atoms. The Morgan fingerprint density at radius 3 is 2.80 bits per heavy atom. The standard InChI is InChI=1S/C24H38N4O2/c1-19(28-15-10-20-7-3-4-9-23(20)28)17-26-24(25-2)27-13-11-21(12-14-27)30-18-22-8-5-6-16-29-22/h3-4,7,9,19,21-22H,5-6,8,10-18H2,1-2H3,(H,25,26). The molecule has 2 atom stereocenters. The van der Waals surface area contributed by atoms with Gasteiger partial charge in [-0.25, -0.2) is 0 Å². The van der Waals surface area contributed by atoms with Gasteiger partial charge in [0.05, 0.1) is 18.8 Å². The third-order valence-corrected chi connectivity index (χ3v) is 6.76. The van der Waals surface area contributed by atoms with Crippen LogP contribution in [0.4, 0.5) is 5.69 Å². The third kappa shape index (κ3) is 5.27. The van der Waals surface area contributed by atoms with Crippen molar-refractivity contribution in [3.8, 4) is 0 Å². The number of nitrogens with zero attached hydrogens (tertiary/aromatic N) is 3. The van der Waals surface area contributed by atoms with Crippen LogP contribution in [0.2, 0.25) is 0 Å². The van der Waals surface area contributed by atoms with E-state index < -0.39 is 0 Å². The Labute approximate surface area is 181 Å². The molecule has 1 aromatic carbocycles. The minimum atomic E-state index is 0.309. The van der Waals surface area contributed by atoms with Gasteiger partial charge in [-0.05, 0) is 57.1 Å². The molecule has 1 aromatic rings. The summed E-state index contributed by atoms with van der Waals surface area (Å²) in [6.45, 7) is 7.95. The number of aliphatic imine (C=N–C) groups is 1. The first-order chi connectivity index (χ1) is 14.7. The fourth-order valence-corrected chi connectivity index (χ4v) is 4.92. The normalized spacial score (nSPS) is 24.1. The molecule has 3 aliphatic heterocycles. The second-order valence-corrected chi connectivity index (χ2v) is 8.86. The zero-order chi connectivity index (χ0) is 20.8. The molecule has 4 rings (SSSR count). The highest BCUT2D eigenvalue weighted by Gasteiger charge is 2.26. The van der Waals surface area contributed by atoms with Gasteiger partial charge in [0, 0.05) is 51.6 Å². The zero-order valence-electron chi connectivity index (χ0n) is 18.7. The predicted octanol–water partition coefficient (Wildman–Crippen LogP) is 3.06. The molecule has 2 saturated heterocycles. The monoisotopic (exact) mass is 414 g/mol. The maximum atomic E-state index is 6.16. The molecule has 0 radical (unpaired) electrons. The molecule has 2 fully saturated rings. The van der Waals surface area contributed by atoms with E-state index in [0.717, 1.165) is 71.0 Å². The fraction of sp³-hybridized carbons (Fsp3) is 0.708. The number of nitrogens with one attached hydrogen (secondary N) is 1. The van der Waals surface area contributed by atoms with Gasteiger partial charge in [-0.15, -0.1) is 0 Å². The number of hydrogen-bond acceptors (Lipinski definition) is 4. The van der Waals surface area contributed by atoms with Crippen LogP contribution in [0.25, 0.3) is 0 Å². The molecule has 6 nitrogen and oxygen atoms in total. The SMILES string of the molecule is CN=C(NCC(C)N1CCc2ccccc21)N1CCC(OCC2CCCCO2)CC1. The number of benzene rings is 1. The molecule has 3 heterocycles. The van der Waals surface area contributed by atoms with Crippen LogP contribution < -0.4 is 10.2 Å². The van der Waals surface area contributed by atoms with Crippen LogP contribution in [0, 0.1) is 0 Å². The van der Waals surface area contributed by atoms with Crippen molar-refractivity contribution in [1.82, 2.24) is 10.2 Å². The molecule has 1 N–H and O–H groups in total. The van der Waals surface area contributed by atoms with Crippen molar-refractivity contribution in [2.45, 2.75) is 63.7 Å². The summed E-state index contributed by atoms with van der Waals surface area (Å²) >= 11 is 0. The first-order valence-corrected chi connectivity index (χ1v) is 11.8. The number of piperidine rings is 1. The van der Waals surface area contributed by atoms with Gasteiger partial charge in [-0.3, -0.25) is 4.99 Å². The van der Waals surface area contributed by atoms with Crippen LogP contribution in [0.1, 0.15) is 44.6 Å². The average Bonchev–Trinajstić information content (AvgIpc) is 3.24. The van der Waals surface area contributed by atoms with Crippen molar-refractivity contribution in [2.24, 2.45) is 4.99 Å². The molecule has 0 bridgehead atoms. The lowest BCUT2D eigenvalue weighted by molar-refractivity contribution is -0.0721. The van der Waals surface area contributed by atoms with Crippen LogP contribution in [-0.4, -0.2) is 75.5 Å². The average molecular weight is 415 g/mol. The van der Waals surface area contributed by atoms with Crippen LogP contribution >= 0.6 is 0 Å². The van der Waals surface area contributed by atoms with Crippen molar-refractivity contribution in [3.05, 3.63) is 29.8 Å². The molecule has 3 aliphatic rings. The lowest BCUT2D eigenvalue weighted by atomic mass is 10.1. The summed E-state index contributed by atoms with van der Waals surface area (Å²) in [6.07, 6.45) is 7.54. The molecule has 166 valence electrons. The molecule has 0 spiro atoms. The Balaban J connectivity index is 1.20. The smallest absolute Gasteiger partial charge is 0.193 e. The number of ether oxygens (including phenoxy) is 2. The molecule has 0 aromatic heterocycles. The number of likely N-dealkylation sites (tertiary alicyclic amines) is 1. The van der Waals surface area contributed by atoms with Gasteiger partial charge in [-0.1, -0.05) is 18.2 Å². The van der Waals surface area contributed by atoms with E-state index in [-0.39, 0.29) is 0 Å². The predicted molar refractivity (Wildman–Crippen MR) is 122 cm³/mol. The van der Waals surface area contributed by atoms with E-state index in [1.54, 1.807) is 0 Å². The second kappa shape index (κ2) is 10.5. The van der Waals surface area contributed by atoms with E-state index >= 15 is 0 Å². The Bertz CT molecular complexity index is 696. The van der Waals surface area contributed by atoms with E-state index in [0.29, 0.717) is 18.2 Å². The number of guanidine groups is 1. The number of fused-ring (bicyclic) bond motifs is 1. The van der Waals surface area contributed by atoms with Crippen LogP contribution in [0.5, 0.6) is 0 Å². The van der Waals surface area contributed by atoms with E-state index in [1.165, 1.54) is 24.1 Å². The Kier molecular flexibility index (Phi) is 7.50. The van der Waals surface area contributed by atoms with Crippen molar-refractivity contribution in [3.63, 3.8) is 0 Å². The Morgan fingerprint density at radius 2 is 2.03 bits per heavy atom. The molecule has 0 saturated carbocycles. The van der Waals surface area contributed by atoms with Gasteiger partial charge in [0.25, 0.3) is 0 Å². The van der Waals surface area contributed by atoms with Gasteiger partial charge >= 0.3 is 0 Å². The van der Waals surface area contributed by atoms with Crippen molar-refractivity contribution < 1.29 is 9.47 Å². The Morgan fingerprint density at radius 1 is 1.20 bits per heavy atom. The lowest BCUT2D eigenvalue weighted by Crippen LogP contribution is -2.50. The van der Waals surface area contributed by atoms with Gasteiger partial charge in [-0.2, -0.15) is 0 Å². The third-order valence-electron chi connectivity index (χ3n) is 6.76. The number of hydrogen-bond donors (Lipinski definition) is 1. The fourth-order valence-electron chi connectivity index (χ4n) is 4.92. The Hall–Kier alpha value is -1.79. The summed E-state index contributed by atoms with van der Waals surface area (Å²) in [6, 6.07) is 9.21. The summed E-state index contributed by atoms with van der Waals surface area (Å²) in [5.41, 5.74) is 2.86. The summed E-state index contributed by atoms with van der Waals surface area (Å²) in [4.78, 5) is 9.44. The van der Waals surface area contributed by atoms with E-state index in [9.17, 15) is 0 Å². The largest absolute Gasteiger partial charge is 0.376 e. The van der Waals surface area contributed by atoms with Crippen LogP contribution in [0.15, 0.2) is 29.3 Å².